The molecule has 154 valence electrons. The lowest BCUT2D eigenvalue weighted by molar-refractivity contribution is 0.0944. The topological polar surface area (TPSA) is 99.7 Å². The van der Waals surface area contributed by atoms with Crippen LogP contribution in [0.25, 0.3) is 0 Å². The third-order valence-corrected chi connectivity index (χ3v) is 4.13. The van der Waals surface area contributed by atoms with E-state index in [9.17, 15) is 9.59 Å². The number of aliphatic hydroxyl groups excluding tert-OH is 1. The van der Waals surface area contributed by atoms with Gasteiger partial charge in [-0.25, -0.2) is 0 Å². The van der Waals surface area contributed by atoms with Crippen LogP contribution in [-0.4, -0.2) is 41.8 Å². The summed E-state index contributed by atoms with van der Waals surface area (Å²) >= 11 is 5.20. The molecule has 0 aliphatic rings. The molecule has 0 heterocycles. The first kappa shape index (κ1) is 22.3. The van der Waals surface area contributed by atoms with Gasteiger partial charge in [0.05, 0.1) is 24.5 Å². The van der Waals surface area contributed by atoms with Crippen molar-refractivity contribution in [1.29, 1.82) is 0 Å². The van der Waals surface area contributed by atoms with Gasteiger partial charge >= 0.3 is 0 Å². The number of hydrogen-bond donors (Lipinski definition) is 4. The molecule has 0 unspecified atom stereocenters. The van der Waals surface area contributed by atoms with Gasteiger partial charge in [-0.2, -0.15) is 0 Å². The van der Waals surface area contributed by atoms with Crippen LogP contribution in [0.1, 0.15) is 40.5 Å². The monoisotopic (exact) mass is 415 g/mol. The predicted molar refractivity (Wildman–Crippen MR) is 116 cm³/mol. The highest BCUT2D eigenvalue weighted by molar-refractivity contribution is 7.80. The molecule has 29 heavy (non-hydrogen) atoms. The van der Waals surface area contributed by atoms with Crippen LogP contribution in [0.15, 0.2) is 48.5 Å². The molecule has 0 atom stereocenters. The molecule has 0 bridgehead atoms. The van der Waals surface area contributed by atoms with E-state index in [-0.39, 0.29) is 30.1 Å². The van der Waals surface area contributed by atoms with Crippen LogP contribution in [-0.2, 0) is 0 Å². The zero-order valence-electron chi connectivity index (χ0n) is 16.2. The molecule has 2 aromatic rings. The number of amides is 2. The Morgan fingerprint density at radius 2 is 1.79 bits per heavy atom. The van der Waals surface area contributed by atoms with Crippen molar-refractivity contribution >= 4 is 34.8 Å². The number of ether oxygens (including phenoxy) is 1. The summed E-state index contributed by atoms with van der Waals surface area (Å²) in [5.74, 6) is -0.0155. The number of unbranched alkanes of at least 4 members (excludes halogenated alkanes) is 1. The second-order valence-corrected chi connectivity index (χ2v) is 6.57. The minimum atomic E-state index is -0.371. The fraction of sp³-hybridized carbons (Fsp3) is 0.286. The van der Waals surface area contributed by atoms with E-state index in [1.54, 1.807) is 48.5 Å². The van der Waals surface area contributed by atoms with E-state index in [1.807, 2.05) is 0 Å². The molecule has 0 radical (unpaired) electrons. The van der Waals surface area contributed by atoms with Crippen LogP contribution < -0.4 is 20.7 Å². The Kier molecular flexibility index (Phi) is 9.07. The second-order valence-electron chi connectivity index (χ2n) is 6.16. The van der Waals surface area contributed by atoms with Crippen LogP contribution in [0.4, 0.5) is 5.69 Å². The van der Waals surface area contributed by atoms with E-state index in [4.69, 9.17) is 22.1 Å². The molecule has 0 aliphatic heterocycles. The third kappa shape index (κ3) is 7.17. The number of aliphatic hydroxyl groups is 1. The van der Waals surface area contributed by atoms with E-state index in [0.717, 1.165) is 12.8 Å². The molecule has 2 aromatic carbocycles. The SMILES string of the molecule is CCCCOc1ccc(C(=O)NC(=S)Nc2ccccc2C(=O)NCCO)cc1. The third-order valence-electron chi connectivity index (χ3n) is 3.93. The van der Waals surface area contributed by atoms with Crippen LogP contribution in [0, 0.1) is 0 Å². The van der Waals surface area contributed by atoms with E-state index in [0.29, 0.717) is 29.2 Å². The van der Waals surface area contributed by atoms with Gasteiger partial charge in [-0.1, -0.05) is 25.5 Å². The highest BCUT2D eigenvalue weighted by Gasteiger charge is 2.13. The van der Waals surface area contributed by atoms with Gasteiger partial charge in [-0.15, -0.1) is 0 Å². The van der Waals surface area contributed by atoms with E-state index >= 15 is 0 Å². The summed E-state index contributed by atoms with van der Waals surface area (Å²) in [4.78, 5) is 24.6. The number of para-hydroxylation sites is 1. The predicted octanol–water partition coefficient (Wildman–Crippen LogP) is 2.71. The Labute approximate surface area is 175 Å². The molecule has 8 heteroatoms. The van der Waals surface area contributed by atoms with Gasteiger partial charge < -0.3 is 20.5 Å². The molecule has 7 nitrogen and oxygen atoms in total. The van der Waals surface area contributed by atoms with Crippen molar-refractivity contribution in [2.24, 2.45) is 0 Å². The average Bonchev–Trinajstić information content (AvgIpc) is 2.73. The summed E-state index contributed by atoms with van der Waals surface area (Å²) in [6, 6.07) is 13.6. The molecular weight excluding hydrogens is 390 g/mol. The second kappa shape index (κ2) is 11.8. The first-order valence-electron chi connectivity index (χ1n) is 9.38. The molecule has 0 aliphatic carbocycles. The number of hydrogen-bond acceptors (Lipinski definition) is 5. The zero-order chi connectivity index (χ0) is 21.1. The molecule has 0 saturated carbocycles. The molecule has 2 amide bonds. The van der Waals surface area contributed by atoms with E-state index in [1.165, 1.54) is 0 Å². The maximum atomic E-state index is 12.4. The molecule has 0 aromatic heterocycles. The quantitative estimate of drug-likeness (QED) is 0.371. The number of anilines is 1. The number of nitrogens with one attached hydrogen (secondary N) is 3. The van der Waals surface area contributed by atoms with Gasteiger partial charge in [0.1, 0.15) is 5.75 Å². The average molecular weight is 416 g/mol. The molecular formula is C21H25N3O4S. The summed E-state index contributed by atoms with van der Waals surface area (Å²) in [5, 5.41) is 17.0. The Hall–Kier alpha value is -2.97. The Morgan fingerprint density at radius 1 is 1.07 bits per heavy atom. The first-order valence-corrected chi connectivity index (χ1v) is 9.79. The van der Waals surface area contributed by atoms with E-state index in [2.05, 4.69) is 22.9 Å². The molecule has 2 rings (SSSR count). The minimum absolute atomic E-state index is 0.0701. The van der Waals surface area contributed by atoms with Gasteiger partial charge in [0.25, 0.3) is 11.8 Å². The fourth-order valence-corrected chi connectivity index (χ4v) is 2.62. The maximum Gasteiger partial charge on any atom is 0.257 e. The minimum Gasteiger partial charge on any atom is -0.494 e. The van der Waals surface area contributed by atoms with Crippen LogP contribution >= 0.6 is 12.2 Å². The molecule has 0 saturated heterocycles. The normalized spacial score (nSPS) is 10.1. The summed E-state index contributed by atoms with van der Waals surface area (Å²) < 4.78 is 5.58. The number of benzene rings is 2. The Morgan fingerprint density at radius 3 is 2.48 bits per heavy atom. The fourth-order valence-electron chi connectivity index (χ4n) is 2.42. The van der Waals surface area contributed by atoms with Crippen molar-refractivity contribution in [3.05, 3.63) is 59.7 Å². The number of thiocarbonyl (C=S) groups is 1. The van der Waals surface area contributed by atoms with Gasteiger partial charge in [0.2, 0.25) is 0 Å². The van der Waals surface area contributed by atoms with Crippen molar-refractivity contribution in [3.8, 4) is 5.75 Å². The molecule has 0 spiro atoms. The smallest absolute Gasteiger partial charge is 0.257 e. The molecule has 0 fully saturated rings. The van der Waals surface area contributed by atoms with Crippen molar-refractivity contribution in [1.82, 2.24) is 10.6 Å². The largest absolute Gasteiger partial charge is 0.494 e. The molecule has 4 N–H and O–H groups in total. The summed E-state index contributed by atoms with van der Waals surface area (Å²) in [6.07, 6.45) is 2.03. The highest BCUT2D eigenvalue weighted by atomic mass is 32.1. The summed E-state index contributed by atoms with van der Waals surface area (Å²) in [6.45, 7) is 2.72. The maximum absolute atomic E-state index is 12.4. The summed E-state index contributed by atoms with van der Waals surface area (Å²) in [5.41, 5.74) is 1.24. The Bertz CT molecular complexity index is 840. The van der Waals surface area contributed by atoms with Gasteiger partial charge in [0, 0.05) is 12.1 Å². The van der Waals surface area contributed by atoms with Crippen LogP contribution in [0.3, 0.4) is 0 Å². The zero-order valence-corrected chi connectivity index (χ0v) is 17.1. The van der Waals surface area contributed by atoms with E-state index < -0.39 is 0 Å². The lowest BCUT2D eigenvalue weighted by Gasteiger charge is -2.13. The van der Waals surface area contributed by atoms with Crippen LogP contribution in [0.2, 0.25) is 0 Å². The van der Waals surface area contributed by atoms with Gasteiger partial charge in [-0.3, -0.25) is 14.9 Å². The van der Waals surface area contributed by atoms with Crippen LogP contribution in [0.5, 0.6) is 5.75 Å². The van der Waals surface area contributed by atoms with Gasteiger partial charge in [0.15, 0.2) is 5.11 Å². The van der Waals surface area contributed by atoms with Crippen molar-refractivity contribution in [2.45, 2.75) is 19.8 Å². The lowest BCUT2D eigenvalue weighted by atomic mass is 10.1. The number of rotatable bonds is 9. The van der Waals surface area contributed by atoms with Crippen molar-refractivity contribution in [2.75, 3.05) is 25.1 Å². The van der Waals surface area contributed by atoms with Gasteiger partial charge in [-0.05, 0) is 55.0 Å². The highest BCUT2D eigenvalue weighted by Crippen LogP contribution is 2.15. The first-order chi connectivity index (χ1) is 14.0. The lowest BCUT2D eigenvalue weighted by Crippen LogP contribution is -2.35. The summed E-state index contributed by atoms with van der Waals surface area (Å²) in [7, 11) is 0. The number of carbonyl (C=O) groups excluding carboxylic acids is 2. The standard InChI is InChI=1S/C21H25N3O4S/c1-2-3-14-28-16-10-8-15(9-11-16)19(26)24-21(29)23-18-7-5-4-6-17(18)20(27)22-12-13-25/h4-11,25H,2-3,12-14H2,1H3,(H,22,27)(H2,23,24,26,29). The van der Waals surface area contributed by atoms with Crippen molar-refractivity contribution in [3.63, 3.8) is 0 Å². The van der Waals surface area contributed by atoms with Crippen molar-refractivity contribution < 1.29 is 19.4 Å². The Balaban J connectivity index is 1.95. The number of carbonyl (C=O) groups is 2.